The number of amidine groups is 1. The first-order valence-corrected chi connectivity index (χ1v) is 10.3. The van der Waals surface area contributed by atoms with Crippen LogP contribution in [0.3, 0.4) is 0 Å². The Morgan fingerprint density at radius 1 is 1.27 bits per heavy atom. The average Bonchev–Trinajstić information content (AvgIpc) is 3.30. The highest BCUT2D eigenvalue weighted by atomic mass is 32.2. The summed E-state index contributed by atoms with van der Waals surface area (Å²) in [5, 5.41) is 15.6. The second-order valence-corrected chi connectivity index (χ2v) is 8.19. The quantitative estimate of drug-likeness (QED) is 0.341. The number of nitro benzene ring substituents is 1. The summed E-state index contributed by atoms with van der Waals surface area (Å²) in [5.74, 6) is 0.217. The van der Waals surface area contributed by atoms with E-state index in [-0.39, 0.29) is 11.6 Å². The number of benzene rings is 1. The van der Waals surface area contributed by atoms with Crippen molar-refractivity contribution >= 4 is 52.0 Å². The maximum Gasteiger partial charge on any atom is 0.274 e. The fourth-order valence-corrected chi connectivity index (χ4v) is 4.13. The second kappa shape index (κ2) is 8.56. The van der Waals surface area contributed by atoms with Crippen molar-refractivity contribution in [2.75, 3.05) is 0 Å². The molecule has 8 nitrogen and oxygen atoms in total. The molecule has 0 aliphatic carbocycles. The molecule has 0 saturated carbocycles. The molecule has 0 bridgehead atoms. The van der Waals surface area contributed by atoms with Gasteiger partial charge >= 0.3 is 0 Å². The van der Waals surface area contributed by atoms with E-state index in [0.29, 0.717) is 32.2 Å². The number of aryl methyl sites for hydroxylation is 1. The maximum absolute atomic E-state index is 12.3. The monoisotopic (exact) mass is 438 g/mol. The zero-order valence-corrected chi connectivity index (χ0v) is 17.2. The number of nitrogens with one attached hydrogen (secondary N) is 1. The molecule has 1 aliphatic rings. The molecular formula is C20H14N4O4S2. The molecule has 1 aliphatic heterocycles. The number of carbonyl (C=O) groups excluding carboxylic acids is 1. The van der Waals surface area contributed by atoms with Crippen molar-refractivity contribution in [3.05, 3.63) is 81.1 Å². The summed E-state index contributed by atoms with van der Waals surface area (Å²) in [6.45, 7) is 1.66. The summed E-state index contributed by atoms with van der Waals surface area (Å²) in [6, 6.07) is 13.9. The molecule has 3 heterocycles. The van der Waals surface area contributed by atoms with Crippen LogP contribution in [0.25, 0.3) is 6.08 Å². The molecule has 1 N–H and O–H groups in total. The van der Waals surface area contributed by atoms with Crippen molar-refractivity contribution < 1.29 is 14.1 Å². The molecule has 30 heavy (non-hydrogen) atoms. The van der Waals surface area contributed by atoms with Crippen LogP contribution < -0.4 is 5.32 Å². The lowest BCUT2D eigenvalue weighted by Crippen LogP contribution is -2.19. The number of hydrogen-bond donors (Lipinski definition) is 1. The van der Waals surface area contributed by atoms with E-state index >= 15 is 0 Å². The molecule has 1 saturated heterocycles. The summed E-state index contributed by atoms with van der Waals surface area (Å²) < 4.78 is 5.75. The maximum atomic E-state index is 12.3. The van der Waals surface area contributed by atoms with Gasteiger partial charge in [0.1, 0.15) is 10.8 Å². The van der Waals surface area contributed by atoms with Crippen LogP contribution in [0.15, 0.2) is 79.2 Å². The van der Waals surface area contributed by atoms with Gasteiger partial charge in [-0.25, -0.2) is 9.98 Å². The van der Waals surface area contributed by atoms with Gasteiger partial charge in [0.25, 0.3) is 11.6 Å². The smallest absolute Gasteiger partial charge is 0.274 e. The molecule has 1 amide bonds. The van der Waals surface area contributed by atoms with Gasteiger partial charge in [0.05, 0.1) is 15.5 Å². The number of pyridine rings is 1. The number of hydrogen-bond acceptors (Lipinski definition) is 8. The number of carbonyl (C=O) groups is 1. The van der Waals surface area contributed by atoms with Crippen molar-refractivity contribution in [2.24, 2.45) is 4.99 Å². The van der Waals surface area contributed by atoms with E-state index in [1.807, 2.05) is 24.3 Å². The third-order valence-corrected chi connectivity index (χ3v) is 5.77. The first-order chi connectivity index (χ1) is 14.5. The Kier molecular flexibility index (Phi) is 5.68. The molecule has 3 aromatic rings. The van der Waals surface area contributed by atoms with Crippen LogP contribution in [-0.2, 0) is 4.79 Å². The lowest BCUT2D eigenvalue weighted by molar-refractivity contribution is -0.385. The fourth-order valence-electron chi connectivity index (χ4n) is 2.57. The molecule has 2 aromatic heterocycles. The number of aromatic nitrogens is 1. The van der Waals surface area contributed by atoms with Gasteiger partial charge in [0.2, 0.25) is 0 Å². The van der Waals surface area contributed by atoms with Crippen LogP contribution in [0, 0.1) is 17.0 Å². The Morgan fingerprint density at radius 2 is 2.13 bits per heavy atom. The Hall–Kier alpha value is -3.37. The summed E-state index contributed by atoms with van der Waals surface area (Å²) in [5.41, 5.74) is 0.920. The highest BCUT2D eigenvalue weighted by Crippen LogP contribution is 2.32. The van der Waals surface area contributed by atoms with E-state index in [1.165, 1.54) is 17.8 Å². The van der Waals surface area contributed by atoms with E-state index in [0.717, 1.165) is 16.8 Å². The third-order valence-electron chi connectivity index (χ3n) is 3.99. The lowest BCUT2D eigenvalue weighted by atomic mass is 10.2. The first kappa shape index (κ1) is 19.9. The van der Waals surface area contributed by atoms with Crippen molar-refractivity contribution in [3.8, 4) is 0 Å². The number of aliphatic imine (C=N–C) groups is 1. The van der Waals surface area contributed by atoms with E-state index < -0.39 is 4.92 Å². The Labute approximate surface area is 179 Å². The van der Waals surface area contributed by atoms with E-state index in [9.17, 15) is 14.9 Å². The molecular weight excluding hydrogens is 424 g/mol. The summed E-state index contributed by atoms with van der Waals surface area (Å²) in [7, 11) is 0. The molecule has 0 unspecified atom stereocenters. The van der Waals surface area contributed by atoms with E-state index in [2.05, 4.69) is 15.3 Å². The second-order valence-electron chi connectivity index (χ2n) is 6.14. The zero-order valence-electron chi connectivity index (χ0n) is 15.6. The van der Waals surface area contributed by atoms with Crippen LogP contribution in [0.2, 0.25) is 0 Å². The van der Waals surface area contributed by atoms with Crippen molar-refractivity contribution in [3.63, 3.8) is 0 Å². The SMILES string of the molecule is Cc1ccc(N=C2NC(=O)/C(=C/c3ccc(Sc4ccccn4)o3)S2)cc1[N+](=O)[O-]. The van der Waals surface area contributed by atoms with E-state index in [4.69, 9.17) is 4.42 Å². The van der Waals surface area contributed by atoms with Crippen LogP contribution in [0.5, 0.6) is 0 Å². The summed E-state index contributed by atoms with van der Waals surface area (Å²) in [4.78, 5) is 31.8. The number of thioether (sulfide) groups is 1. The normalized spacial score (nSPS) is 16.2. The van der Waals surface area contributed by atoms with Crippen LogP contribution in [0.4, 0.5) is 11.4 Å². The Balaban J connectivity index is 1.50. The third kappa shape index (κ3) is 4.61. The van der Waals surface area contributed by atoms with Crippen molar-refractivity contribution in [1.82, 2.24) is 10.3 Å². The number of nitro groups is 1. The molecule has 1 fully saturated rings. The van der Waals surface area contributed by atoms with Crippen LogP contribution in [0.1, 0.15) is 11.3 Å². The number of furan rings is 1. The molecule has 0 spiro atoms. The molecule has 10 heteroatoms. The van der Waals surface area contributed by atoms with Gasteiger partial charge in [0.15, 0.2) is 10.3 Å². The molecule has 0 atom stereocenters. The minimum atomic E-state index is -0.456. The van der Waals surface area contributed by atoms with Gasteiger partial charge in [-0.15, -0.1) is 0 Å². The number of nitrogens with zero attached hydrogens (tertiary/aromatic N) is 3. The average molecular weight is 438 g/mol. The van der Waals surface area contributed by atoms with Gasteiger partial charge in [-0.1, -0.05) is 12.1 Å². The lowest BCUT2D eigenvalue weighted by Gasteiger charge is -1.99. The Morgan fingerprint density at radius 3 is 2.90 bits per heavy atom. The number of amides is 1. The first-order valence-electron chi connectivity index (χ1n) is 8.71. The minimum absolute atomic E-state index is 0.0181. The number of rotatable bonds is 5. The fraction of sp³-hybridized carbons (Fsp3) is 0.0500. The van der Waals surface area contributed by atoms with Crippen LogP contribution >= 0.6 is 23.5 Å². The van der Waals surface area contributed by atoms with E-state index in [1.54, 1.807) is 37.4 Å². The molecule has 150 valence electrons. The van der Waals surface area contributed by atoms with Crippen molar-refractivity contribution in [2.45, 2.75) is 17.0 Å². The molecule has 0 radical (unpaired) electrons. The largest absolute Gasteiger partial charge is 0.450 e. The topological polar surface area (TPSA) is 111 Å². The van der Waals surface area contributed by atoms with Gasteiger partial charge in [-0.05, 0) is 60.8 Å². The van der Waals surface area contributed by atoms with Gasteiger partial charge in [0, 0.05) is 23.9 Å². The minimum Gasteiger partial charge on any atom is -0.450 e. The summed E-state index contributed by atoms with van der Waals surface area (Å²) in [6.07, 6.45) is 3.33. The standard InChI is InChI=1S/C20H14N4O4S2/c1-12-5-6-13(10-15(12)24(26)27)22-20-23-19(25)16(29-20)11-14-7-8-18(28-14)30-17-4-2-3-9-21-17/h2-11H,1H3,(H,22,23,25)/b16-11-. The zero-order chi connectivity index (χ0) is 21.1. The van der Waals surface area contributed by atoms with Gasteiger partial charge in [-0.3, -0.25) is 14.9 Å². The molecule has 1 aromatic carbocycles. The van der Waals surface area contributed by atoms with Crippen molar-refractivity contribution in [1.29, 1.82) is 0 Å². The predicted molar refractivity (Wildman–Crippen MR) is 116 cm³/mol. The summed E-state index contributed by atoms with van der Waals surface area (Å²) >= 11 is 2.52. The highest BCUT2D eigenvalue weighted by Gasteiger charge is 2.24. The predicted octanol–water partition coefficient (Wildman–Crippen LogP) is 4.93. The van der Waals surface area contributed by atoms with Gasteiger partial charge < -0.3 is 9.73 Å². The van der Waals surface area contributed by atoms with Crippen LogP contribution in [-0.4, -0.2) is 21.0 Å². The molecule has 4 rings (SSSR count). The van der Waals surface area contributed by atoms with Gasteiger partial charge in [-0.2, -0.15) is 0 Å². The highest BCUT2D eigenvalue weighted by molar-refractivity contribution is 8.18. The Bertz CT molecular complexity index is 1190.